The Morgan fingerprint density at radius 3 is 2.53 bits per heavy atom. The molecule has 1 atom stereocenters. The quantitative estimate of drug-likeness (QED) is 0.818. The van der Waals surface area contributed by atoms with Crippen molar-refractivity contribution in [2.24, 2.45) is 5.92 Å². The van der Waals surface area contributed by atoms with Crippen LogP contribution in [0.4, 0.5) is 0 Å². The van der Waals surface area contributed by atoms with Gasteiger partial charge >= 0.3 is 0 Å². The van der Waals surface area contributed by atoms with E-state index in [-0.39, 0.29) is 6.10 Å². The van der Waals surface area contributed by atoms with Crippen LogP contribution >= 0.6 is 0 Å². The lowest BCUT2D eigenvalue weighted by Crippen LogP contribution is -2.14. The lowest BCUT2D eigenvalue weighted by molar-refractivity contribution is 0.141. The maximum Gasteiger partial charge on any atom is 0.0571 e. The van der Waals surface area contributed by atoms with Gasteiger partial charge < -0.3 is 5.11 Å². The highest BCUT2D eigenvalue weighted by Gasteiger charge is 2.29. The zero-order valence-corrected chi connectivity index (χ0v) is 10.4. The molecule has 92 valence electrons. The van der Waals surface area contributed by atoms with E-state index < -0.39 is 0 Å². The molecule has 2 aliphatic carbocycles. The van der Waals surface area contributed by atoms with E-state index in [2.05, 4.69) is 24.3 Å². The number of rotatable bonds is 5. The van der Waals surface area contributed by atoms with E-state index >= 15 is 0 Å². The predicted molar refractivity (Wildman–Crippen MR) is 70.1 cm³/mol. The first-order chi connectivity index (χ1) is 8.34. The lowest BCUT2D eigenvalue weighted by Gasteiger charge is -2.28. The minimum absolute atomic E-state index is 0.0514. The molecule has 1 heteroatoms. The van der Waals surface area contributed by atoms with Crippen LogP contribution in [0.2, 0.25) is 0 Å². The maximum absolute atomic E-state index is 9.95. The van der Waals surface area contributed by atoms with Crippen LogP contribution in [0.15, 0.2) is 24.3 Å². The highest BCUT2D eigenvalue weighted by molar-refractivity contribution is 5.31. The molecule has 17 heavy (non-hydrogen) atoms. The summed E-state index contributed by atoms with van der Waals surface area (Å²) in [5, 5.41) is 9.95. The first-order valence-corrected chi connectivity index (χ1v) is 7.10. The largest absolute Gasteiger partial charge is 0.393 e. The molecule has 0 bridgehead atoms. The predicted octanol–water partition coefficient (Wildman–Crippen LogP) is 3.66. The standard InChI is InChI=1S/C16H22O/c17-16(14-8-9-14)11-10-13-4-1-2-7-15(13)12-5-3-6-12/h1-2,4,7,12,14,16-17H,3,5-6,8-11H2. The summed E-state index contributed by atoms with van der Waals surface area (Å²) in [6.07, 6.45) is 8.56. The number of hydrogen-bond donors (Lipinski definition) is 1. The van der Waals surface area contributed by atoms with Gasteiger partial charge in [0.05, 0.1) is 6.10 Å². The molecular weight excluding hydrogens is 208 g/mol. The zero-order chi connectivity index (χ0) is 11.7. The van der Waals surface area contributed by atoms with Gasteiger partial charge in [-0.1, -0.05) is 30.7 Å². The Hall–Kier alpha value is -0.820. The van der Waals surface area contributed by atoms with Crippen LogP contribution in [0.3, 0.4) is 0 Å². The SMILES string of the molecule is OC(CCc1ccccc1C1CCC1)C1CC1. The van der Waals surface area contributed by atoms with Crippen molar-refractivity contribution in [2.45, 2.75) is 57.0 Å². The minimum Gasteiger partial charge on any atom is -0.393 e. The summed E-state index contributed by atoms with van der Waals surface area (Å²) in [7, 11) is 0. The lowest BCUT2D eigenvalue weighted by atomic mass is 9.77. The average Bonchev–Trinajstić information content (AvgIpc) is 3.09. The van der Waals surface area contributed by atoms with E-state index in [0.29, 0.717) is 5.92 Å². The van der Waals surface area contributed by atoms with Gasteiger partial charge in [-0.05, 0) is 61.5 Å². The molecular formula is C16H22O. The smallest absolute Gasteiger partial charge is 0.0571 e. The highest BCUT2D eigenvalue weighted by atomic mass is 16.3. The van der Waals surface area contributed by atoms with E-state index in [1.807, 2.05) is 0 Å². The molecule has 1 N–H and O–H groups in total. The van der Waals surface area contributed by atoms with Gasteiger partial charge in [0.15, 0.2) is 0 Å². The molecule has 3 rings (SSSR count). The fourth-order valence-corrected chi connectivity index (χ4v) is 2.90. The van der Waals surface area contributed by atoms with Crippen molar-refractivity contribution in [3.8, 4) is 0 Å². The third-order valence-corrected chi connectivity index (χ3v) is 4.48. The van der Waals surface area contributed by atoms with Crippen molar-refractivity contribution in [2.75, 3.05) is 0 Å². The van der Waals surface area contributed by atoms with Crippen molar-refractivity contribution in [3.05, 3.63) is 35.4 Å². The number of aliphatic hydroxyl groups excluding tert-OH is 1. The average molecular weight is 230 g/mol. The molecule has 0 saturated heterocycles. The van der Waals surface area contributed by atoms with Crippen LogP contribution in [-0.2, 0) is 6.42 Å². The van der Waals surface area contributed by atoms with Gasteiger partial charge in [0, 0.05) is 0 Å². The number of hydrogen-bond acceptors (Lipinski definition) is 1. The summed E-state index contributed by atoms with van der Waals surface area (Å²) in [6, 6.07) is 8.85. The maximum atomic E-state index is 9.95. The molecule has 1 nitrogen and oxygen atoms in total. The fourth-order valence-electron chi connectivity index (χ4n) is 2.90. The van der Waals surface area contributed by atoms with E-state index in [1.165, 1.54) is 37.7 Å². The van der Waals surface area contributed by atoms with Gasteiger partial charge in [-0.15, -0.1) is 0 Å². The molecule has 2 saturated carbocycles. The van der Waals surface area contributed by atoms with Gasteiger partial charge in [0.2, 0.25) is 0 Å². The monoisotopic (exact) mass is 230 g/mol. The third kappa shape index (κ3) is 2.55. The molecule has 2 aliphatic rings. The van der Waals surface area contributed by atoms with Gasteiger partial charge in [0.25, 0.3) is 0 Å². The summed E-state index contributed by atoms with van der Waals surface area (Å²) in [5.74, 6) is 1.43. The Labute approximate surface area is 104 Å². The molecule has 0 aromatic heterocycles. The van der Waals surface area contributed by atoms with Gasteiger partial charge in [-0.2, -0.15) is 0 Å². The highest BCUT2D eigenvalue weighted by Crippen LogP contribution is 2.39. The number of aliphatic hydroxyl groups is 1. The van der Waals surface area contributed by atoms with E-state index in [4.69, 9.17) is 0 Å². The summed E-state index contributed by atoms with van der Waals surface area (Å²) in [5.41, 5.74) is 3.04. The van der Waals surface area contributed by atoms with Gasteiger partial charge in [-0.3, -0.25) is 0 Å². The normalized spacial score (nSPS) is 22.2. The Morgan fingerprint density at radius 1 is 1.12 bits per heavy atom. The van der Waals surface area contributed by atoms with Crippen LogP contribution in [0.5, 0.6) is 0 Å². The second-order valence-electron chi connectivity index (χ2n) is 5.77. The third-order valence-electron chi connectivity index (χ3n) is 4.48. The molecule has 1 aromatic carbocycles. The molecule has 0 radical (unpaired) electrons. The van der Waals surface area contributed by atoms with Crippen molar-refractivity contribution in [1.82, 2.24) is 0 Å². The van der Waals surface area contributed by atoms with Crippen LogP contribution < -0.4 is 0 Å². The molecule has 1 unspecified atom stereocenters. The molecule has 1 aromatic rings. The first-order valence-electron chi connectivity index (χ1n) is 7.10. The summed E-state index contributed by atoms with van der Waals surface area (Å²) < 4.78 is 0. The van der Waals surface area contributed by atoms with E-state index in [9.17, 15) is 5.11 Å². The minimum atomic E-state index is -0.0514. The van der Waals surface area contributed by atoms with Gasteiger partial charge in [-0.25, -0.2) is 0 Å². The van der Waals surface area contributed by atoms with Crippen molar-refractivity contribution >= 4 is 0 Å². The number of benzene rings is 1. The molecule has 2 fully saturated rings. The second-order valence-corrected chi connectivity index (χ2v) is 5.77. The second kappa shape index (κ2) is 4.81. The van der Waals surface area contributed by atoms with Crippen molar-refractivity contribution < 1.29 is 5.11 Å². The Balaban J connectivity index is 1.64. The Kier molecular flexibility index (Phi) is 3.19. The van der Waals surface area contributed by atoms with Crippen LogP contribution in [-0.4, -0.2) is 11.2 Å². The van der Waals surface area contributed by atoms with E-state index in [0.717, 1.165) is 18.8 Å². The molecule has 0 aliphatic heterocycles. The van der Waals surface area contributed by atoms with Crippen molar-refractivity contribution in [1.29, 1.82) is 0 Å². The molecule has 0 amide bonds. The molecule has 0 heterocycles. The van der Waals surface area contributed by atoms with Gasteiger partial charge in [0.1, 0.15) is 0 Å². The Morgan fingerprint density at radius 2 is 1.88 bits per heavy atom. The van der Waals surface area contributed by atoms with Crippen molar-refractivity contribution in [3.63, 3.8) is 0 Å². The zero-order valence-electron chi connectivity index (χ0n) is 10.4. The number of aryl methyl sites for hydroxylation is 1. The molecule has 0 spiro atoms. The van der Waals surface area contributed by atoms with Crippen LogP contribution in [0.25, 0.3) is 0 Å². The van der Waals surface area contributed by atoms with Crippen LogP contribution in [0.1, 0.15) is 55.6 Å². The topological polar surface area (TPSA) is 20.2 Å². The summed E-state index contributed by atoms with van der Waals surface area (Å²) >= 11 is 0. The fraction of sp³-hybridized carbons (Fsp3) is 0.625. The summed E-state index contributed by atoms with van der Waals surface area (Å²) in [4.78, 5) is 0. The first kappa shape index (κ1) is 11.3. The Bertz CT molecular complexity index is 377. The summed E-state index contributed by atoms with van der Waals surface area (Å²) in [6.45, 7) is 0. The van der Waals surface area contributed by atoms with Crippen LogP contribution in [0, 0.1) is 5.92 Å². The van der Waals surface area contributed by atoms with E-state index in [1.54, 1.807) is 5.56 Å².